The summed E-state index contributed by atoms with van der Waals surface area (Å²) in [7, 11) is 1.72. The van der Waals surface area contributed by atoms with Gasteiger partial charge in [-0.05, 0) is 53.2 Å². The van der Waals surface area contributed by atoms with Crippen molar-refractivity contribution in [2.45, 2.75) is 52.3 Å². The Morgan fingerprint density at radius 1 is 1.30 bits per heavy atom. The van der Waals surface area contributed by atoms with Gasteiger partial charge in [0, 0.05) is 24.0 Å². The molecular formula is C17H25N3O2S. The molecule has 0 amide bonds. The average molecular weight is 335 g/mol. The first-order chi connectivity index (χ1) is 10.5. The van der Waals surface area contributed by atoms with E-state index in [1.807, 2.05) is 53.7 Å². The molecule has 1 heterocycles. The molecule has 6 heteroatoms. The maximum absolute atomic E-state index is 12.5. The molecule has 2 atom stereocenters. The van der Waals surface area contributed by atoms with E-state index >= 15 is 0 Å². The Bertz CT molecular complexity index is 793. The first kappa shape index (κ1) is 18.0. The molecule has 1 aromatic carbocycles. The molecule has 0 aliphatic heterocycles. The molecule has 1 N–H and O–H groups in total. The van der Waals surface area contributed by atoms with Gasteiger partial charge in [-0.3, -0.25) is 9.36 Å². The number of benzene rings is 1. The highest BCUT2D eigenvalue weighted by Crippen LogP contribution is 2.25. The van der Waals surface area contributed by atoms with Crippen molar-refractivity contribution in [3.8, 4) is 0 Å². The van der Waals surface area contributed by atoms with Gasteiger partial charge in [0.15, 0.2) is 0 Å². The predicted molar refractivity (Wildman–Crippen MR) is 95.9 cm³/mol. The lowest BCUT2D eigenvalue weighted by atomic mass is 10.0. The molecule has 0 fully saturated rings. The normalized spacial score (nSPS) is 15.0. The molecule has 0 saturated heterocycles. The summed E-state index contributed by atoms with van der Waals surface area (Å²) in [5.41, 5.74) is 2.52. The number of hydrogen-bond donors (Lipinski definition) is 1. The summed E-state index contributed by atoms with van der Waals surface area (Å²) in [6.45, 7) is 11.5. The third kappa shape index (κ3) is 3.59. The van der Waals surface area contributed by atoms with E-state index in [1.165, 1.54) is 0 Å². The van der Waals surface area contributed by atoms with E-state index in [1.54, 1.807) is 11.6 Å². The smallest absolute Gasteiger partial charge is 0.261 e. The Morgan fingerprint density at radius 3 is 2.48 bits per heavy atom. The lowest BCUT2D eigenvalue weighted by molar-refractivity contribution is 0.531. The van der Waals surface area contributed by atoms with Crippen molar-refractivity contribution in [1.82, 2.24) is 14.3 Å². The highest BCUT2D eigenvalue weighted by Gasteiger charge is 2.29. The number of fused-ring (bicyclic) bond motifs is 1. The van der Waals surface area contributed by atoms with Crippen LogP contribution < -0.4 is 10.3 Å². The van der Waals surface area contributed by atoms with Crippen molar-refractivity contribution in [3.05, 3.63) is 39.4 Å². The Labute approximate surface area is 140 Å². The molecule has 0 aliphatic rings. The highest BCUT2D eigenvalue weighted by molar-refractivity contribution is 7.90. The zero-order valence-electron chi connectivity index (χ0n) is 14.9. The number of aryl methyl sites for hydroxylation is 2. The minimum atomic E-state index is -1.19. The van der Waals surface area contributed by atoms with Gasteiger partial charge in [0.2, 0.25) is 0 Å². The second-order valence-corrected chi connectivity index (χ2v) is 8.99. The minimum Gasteiger partial charge on any atom is -0.598 e. The average Bonchev–Trinajstić information content (AvgIpc) is 2.44. The highest BCUT2D eigenvalue weighted by atomic mass is 32.2. The van der Waals surface area contributed by atoms with Gasteiger partial charge >= 0.3 is 0 Å². The topological polar surface area (TPSA) is 70.0 Å². The first-order valence-electron chi connectivity index (χ1n) is 7.68. The van der Waals surface area contributed by atoms with Gasteiger partial charge in [-0.2, -0.15) is 0 Å². The van der Waals surface area contributed by atoms with E-state index in [4.69, 9.17) is 0 Å². The van der Waals surface area contributed by atoms with Crippen molar-refractivity contribution < 1.29 is 4.55 Å². The largest absolute Gasteiger partial charge is 0.598 e. The lowest BCUT2D eigenvalue weighted by Gasteiger charge is -2.27. The molecule has 0 spiro atoms. The fraction of sp³-hybridized carbons (Fsp3) is 0.529. The maximum atomic E-state index is 12.5. The van der Waals surface area contributed by atoms with Gasteiger partial charge < -0.3 is 4.55 Å². The van der Waals surface area contributed by atoms with Crippen molar-refractivity contribution in [2.75, 3.05) is 0 Å². The van der Waals surface area contributed by atoms with E-state index in [-0.39, 0.29) is 16.3 Å². The molecule has 0 aliphatic carbocycles. The van der Waals surface area contributed by atoms with E-state index in [9.17, 15) is 9.35 Å². The third-order valence-electron chi connectivity index (χ3n) is 3.88. The Balaban J connectivity index is 2.59. The second-order valence-electron chi connectivity index (χ2n) is 6.99. The fourth-order valence-electron chi connectivity index (χ4n) is 2.39. The third-order valence-corrected chi connectivity index (χ3v) is 5.56. The van der Waals surface area contributed by atoms with Gasteiger partial charge in [-0.25, -0.2) is 4.98 Å². The van der Waals surface area contributed by atoms with Crippen molar-refractivity contribution in [2.24, 2.45) is 7.05 Å². The van der Waals surface area contributed by atoms with Crippen LogP contribution in [-0.2, 0) is 18.4 Å². The van der Waals surface area contributed by atoms with E-state index in [0.717, 1.165) is 11.1 Å². The van der Waals surface area contributed by atoms with Crippen LogP contribution in [0.15, 0.2) is 16.9 Å². The van der Waals surface area contributed by atoms with Crippen LogP contribution in [0.3, 0.4) is 0 Å². The van der Waals surface area contributed by atoms with Gasteiger partial charge in [0.1, 0.15) is 10.6 Å². The van der Waals surface area contributed by atoms with Crippen LogP contribution in [-0.4, -0.2) is 18.9 Å². The van der Waals surface area contributed by atoms with Crippen molar-refractivity contribution in [1.29, 1.82) is 0 Å². The van der Waals surface area contributed by atoms with E-state index in [2.05, 4.69) is 9.71 Å². The van der Waals surface area contributed by atoms with Crippen LogP contribution in [0.4, 0.5) is 0 Å². The van der Waals surface area contributed by atoms with Crippen LogP contribution in [0.25, 0.3) is 10.9 Å². The first-order valence-corrected chi connectivity index (χ1v) is 8.83. The molecule has 0 bridgehead atoms. The number of nitrogens with one attached hydrogen (secondary N) is 1. The second kappa shape index (κ2) is 6.26. The van der Waals surface area contributed by atoms with Gasteiger partial charge in [0.05, 0.1) is 16.9 Å². The summed E-state index contributed by atoms with van der Waals surface area (Å²) in [5, 5.41) is 0.600. The summed E-state index contributed by atoms with van der Waals surface area (Å²) in [5.74, 6) is 0.664. The zero-order valence-corrected chi connectivity index (χ0v) is 15.7. The summed E-state index contributed by atoms with van der Waals surface area (Å²) >= 11 is -1.19. The van der Waals surface area contributed by atoms with Crippen molar-refractivity contribution >= 4 is 22.3 Å². The molecule has 23 heavy (non-hydrogen) atoms. The lowest BCUT2D eigenvalue weighted by Crippen LogP contribution is -2.40. The minimum absolute atomic E-state index is 0.0541. The van der Waals surface area contributed by atoms with Crippen LogP contribution in [0.2, 0.25) is 0 Å². The number of rotatable bonds is 3. The molecule has 2 rings (SSSR count). The Kier molecular flexibility index (Phi) is 4.89. The molecule has 2 aromatic rings. The summed E-state index contributed by atoms with van der Waals surface area (Å²) < 4.78 is 16.7. The monoisotopic (exact) mass is 335 g/mol. The summed E-state index contributed by atoms with van der Waals surface area (Å²) in [6, 6.07) is 3.70. The fourth-order valence-corrected chi connectivity index (χ4v) is 3.19. The molecule has 5 nitrogen and oxygen atoms in total. The van der Waals surface area contributed by atoms with Crippen LogP contribution >= 0.6 is 0 Å². The number of nitrogens with zero attached hydrogens (tertiary/aromatic N) is 2. The van der Waals surface area contributed by atoms with Crippen LogP contribution in [0.1, 0.15) is 50.7 Å². The molecule has 1 aromatic heterocycles. The molecule has 0 radical (unpaired) electrons. The summed E-state index contributed by atoms with van der Waals surface area (Å²) in [6.07, 6.45) is 0. The van der Waals surface area contributed by atoms with Gasteiger partial charge in [-0.1, -0.05) is 6.07 Å². The number of hydrogen-bond acceptors (Lipinski definition) is 4. The van der Waals surface area contributed by atoms with Gasteiger partial charge in [0.25, 0.3) is 5.56 Å². The SMILES string of the molecule is Cc1cc(C(C)N[S+]([O-])C(C)(C)C)c2nc(C)n(C)c(=O)c2c1. The van der Waals surface area contributed by atoms with E-state index < -0.39 is 11.4 Å². The Hall–Kier alpha value is -1.37. The van der Waals surface area contributed by atoms with Crippen LogP contribution in [0, 0.1) is 13.8 Å². The standard InChI is InChI=1S/C17H25N3O2S/c1-10-8-13(11(2)19-23(22)17(4,5)6)15-14(9-10)16(21)20(7)12(3)18-15/h8-9,11,19H,1-7H3. The maximum Gasteiger partial charge on any atom is 0.261 e. The molecule has 2 unspecified atom stereocenters. The molecule has 0 saturated carbocycles. The zero-order chi connectivity index (χ0) is 17.5. The molecular weight excluding hydrogens is 310 g/mol. The number of aromatic nitrogens is 2. The quantitative estimate of drug-likeness (QED) is 0.876. The van der Waals surface area contributed by atoms with Crippen molar-refractivity contribution in [3.63, 3.8) is 0 Å². The summed E-state index contributed by atoms with van der Waals surface area (Å²) in [4.78, 5) is 17.1. The van der Waals surface area contributed by atoms with Gasteiger partial charge in [-0.15, -0.1) is 4.72 Å². The Morgan fingerprint density at radius 2 is 1.91 bits per heavy atom. The molecule has 126 valence electrons. The predicted octanol–water partition coefficient (Wildman–Crippen LogP) is 2.66. The van der Waals surface area contributed by atoms with E-state index in [0.29, 0.717) is 16.7 Å². The van der Waals surface area contributed by atoms with Crippen LogP contribution in [0.5, 0.6) is 0 Å².